The predicted molar refractivity (Wildman–Crippen MR) is 70.6 cm³/mol. The Morgan fingerprint density at radius 3 is 2.53 bits per heavy atom. The number of carbonyl (C=O) groups is 1. The van der Waals surface area contributed by atoms with Crippen LogP contribution in [0, 0.1) is 5.92 Å². The summed E-state index contributed by atoms with van der Waals surface area (Å²) < 4.78 is 0. The van der Waals surface area contributed by atoms with E-state index in [0.29, 0.717) is 17.7 Å². The molecular weight excluding hydrogens is 256 g/mol. The molecule has 1 saturated heterocycles. The quantitative estimate of drug-likeness (QED) is 0.829. The lowest BCUT2D eigenvalue weighted by Crippen LogP contribution is -2.38. The minimum Gasteiger partial charge on any atom is -0.342 e. The van der Waals surface area contributed by atoms with Crippen molar-refractivity contribution < 1.29 is 4.79 Å². The van der Waals surface area contributed by atoms with Gasteiger partial charge in [-0.2, -0.15) is 0 Å². The van der Waals surface area contributed by atoms with Crippen LogP contribution in [0.5, 0.6) is 0 Å². The molecule has 2 fully saturated rings. The molecule has 5 heteroatoms. The van der Waals surface area contributed by atoms with Gasteiger partial charge in [0.1, 0.15) is 0 Å². The van der Waals surface area contributed by atoms with E-state index in [1.54, 1.807) is 11.3 Å². The zero-order chi connectivity index (χ0) is 11.0. The third-order valence-electron chi connectivity index (χ3n) is 3.53. The predicted octanol–water partition coefficient (Wildman–Crippen LogP) is 2.68. The first-order valence-corrected chi connectivity index (χ1v) is 6.91. The van der Waals surface area contributed by atoms with Gasteiger partial charge in [-0.15, -0.1) is 23.7 Å². The molecule has 17 heavy (non-hydrogen) atoms. The summed E-state index contributed by atoms with van der Waals surface area (Å²) in [6.07, 6.45) is 6.29. The topological polar surface area (TPSA) is 33.2 Å². The first-order chi connectivity index (χ1) is 7.84. The van der Waals surface area contributed by atoms with Gasteiger partial charge in [-0.3, -0.25) is 4.79 Å². The van der Waals surface area contributed by atoms with Gasteiger partial charge in [0.15, 0.2) is 0 Å². The molecule has 0 N–H and O–H groups in total. The third kappa shape index (κ3) is 2.80. The Balaban J connectivity index is 0.00000108. The van der Waals surface area contributed by atoms with E-state index in [-0.39, 0.29) is 12.4 Å². The van der Waals surface area contributed by atoms with Gasteiger partial charge in [-0.25, -0.2) is 4.98 Å². The summed E-state index contributed by atoms with van der Waals surface area (Å²) in [5.41, 5.74) is 0. The van der Waals surface area contributed by atoms with Gasteiger partial charge in [0.25, 0.3) is 0 Å². The molecular formula is C12H17ClN2OS. The van der Waals surface area contributed by atoms with Gasteiger partial charge in [0, 0.05) is 36.5 Å². The van der Waals surface area contributed by atoms with E-state index in [1.165, 1.54) is 5.01 Å². The van der Waals surface area contributed by atoms with Crippen LogP contribution in [0.25, 0.3) is 0 Å². The second kappa shape index (κ2) is 5.36. The van der Waals surface area contributed by atoms with Crippen LogP contribution in [-0.2, 0) is 4.79 Å². The minimum atomic E-state index is 0. The van der Waals surface area contributed by atoms with Gasteiger partial charge in [0.05, 0.1) is 5.01 Å². The molecule has 0 unspecified atom stereocenters. The number of halogens is 1. The van der Waals surface area contributed by atoms with Crippen LogP contribution in [0.3, 0.4) is 0 Å². The SMILES string of the molecule is Cl.O=C(C1CC1)N1CCC(c2nccs2)CC1. The number of piperidine rings is 1. The molecule has 1 aromatic heterocycles. The Kier molecular flexibility index (Phi) is 4.05. The van der Waals surface area contributed by atoms with E-state index in [4.69, 9.17) is 0 Å². The zero-order valence-electron chi connectivity index (χ0n) is 9.67. The summed E-state index contributed by atoms with van der Waals surface area (Å²) in [7, 11) is 0. The number of aromatic nitrogens is 1. The molecule has 1 aromatic rings. The maximum Gasteiger partial charge on any atom is 0.225 e. The maximum absolute atomic E-state index is 11.9. The van der Waals surface area contributed by atoms with E-state index >= 15 is 0 Å². The summed E-state index contributed by atoms with van der Waals surface area (Å²) >= 11 is 1.74. The fourth-order valence-corrected chi connectivity index (χ4v) is 3.18. The smallest absolute Gasteiger partial charge is 0.225 e. The Bertz CT molecular complexity index is 370. The molecule has 1 aliphatic carbocycles. The molecule has 2 heterocycles. The van der Waals surface area contributed by atoms with Crippen molar-refractivity contribution >= 4 is 29.7 Å². The highest BCUT2D eigenvalue weighted by Gasteiger charge is 2.35. The van der Waals surface area contributed by atoms with E-state index in [1.807, 2.05) is 11.6 Å². The average Bonchev–Trinajstić information content (AvgIpc) is 3.04. The highest BCUT2D eigenvalue weighted by Crippen LogP contribution is 2.34. The number of carbonyl (C=O) groups excluding carboxylic acids is 1. The van der Waals surface area contributed by atoms with Crippen LogP contribution < -0.4 is 0 Å². The van der Waals surface area contributed by atoms with Crippen molar-refractivity contribution in [3.8, 4) is 0 Å². The molecule has 1 aliphatic heterocycles. The Morgan fingerprint density at radius 2 is 2.00 bits per heavy atom. The monoisotopic (exact) mass is 272 g/mol. The van der Waals surface area contributed by atoms with Crippen molar-refractivity contribution in [2.75, 3.05) is 13.1 Å². The average molecular weight is 273 g/mol. The van der Waals surface area contributed by atoms with E-state index < -0.39 is 0 Å². The Hall–Kier alpha value is -0.610. The minimum absolute atomic E-state index is 0. The van der Waals surface area contributed by atoms with Crippen molar-refractivity contribution in [2.45, 2.75) is 31.6 Å². The summed E-state index contributed by atoms with van der Waals surface area (Å²) in [4.78, 5) is 18.3. The molecule has 2 aliphatic rings. The number of hydrogen-bond donors (Lipinski definition) is 0. The first kappa shape index (κ1) is 12.8. The van der Waals surface area contributed by atoms with Crippen molar-refractivity contribution in [3.63, 3.8) is 0 Å². The second-order valence-corrected chi connectivity index (χ2v) is 5.67. The van der Waals surface area contributed by atoms with Gasteiger partial charge in [-0.05, 0) is 25.7 Å². The van der Waals surface area contributed by atoms with E-state index in [2.05, 4.69) is 9.88 Å². The van der Waals surface area contributed by atoms with Crippen molar-refractivity contribution in [1.29, 1.82) is 0 Å². The van der Waals surface area contributed by atoms with E-state index in [9.17, 15) is 4.79 Å². The molecule has 0 atom stereocenters. The van der Waals surface area contributed by atoms with Crippen molar-refractivity contribution in [1.82, 2.24) is 9.88 Å². The number of thiazole rings is 1. The van der Waals surface area contributed by atoms with Crippen LogP contribution in [-0.4, -0.2) is 28.9 Å². The molecule has 1 amide bonds. The molecule has 3 nitrogen and oxygen atoms in total. The largest absolute Gasteiger partial charge is 0.342 e. The van der Waals surface area contributed by atoms with Crippen LogP contribution >= 0.6 is 23.7 Å². The second-order valence-electron chi connectivity index (χ2n) is 4.74. The summed E-state index contributed by atoms with van der Waals surface area (Å²) in [5.74, 6) is 1.36. The summed E-state index contributed by atoms with van der Waals surface area (Å²) in [5, 5.41) is 3.29. The number of rotatable bonds is 2. The zero-order valence-corrected chi connectivity index (χ0v) is 11.3. The highest BCUT2D eigenvalue weighted by molar-refractivity contribution is 7.09. The molecule has 3 rings (SSSR count). The summed E-state index contributed by atoms with van der Waals surface area (Å²) in [6, 6.07) is 0. The number of hydrogen-bond acceptors (Lipinski definition) is 3. The fraction of sp³-hybridized carbons (Fsp3) is 0.667. The molecule has 0 aromatic carbocycles. The fourth-order valence-electron chi connectivity index (χ4n) is 2.37. The number of nitrogens with zero attached hydrogens (tertiary/aromatic N) is 2. The van der Waals surface area contributed by atoms with Crippen molar-refractivity contribution in [3.05, 3.63) is 16.6 Å². The third-order valence-corrected chi connectivity index (χ3v) is 4.47. The van der Waals surface area contributed by atoms with Gasteiger partial charge in [-0.1, -0.05) is 0 Å². The lowest BCUT2D eigenvalue weighted by atomic mass is 9.97. The first-order valence-electron chi connectivity index (χ1n) is 6.03. The van der Waals surface area contributed by atoms with Crippen LogP contribution in [0.1, 0.15) is 36.6 Å². The van der Waals surface area contributed by atoms with Crippen LogP contribution in [0.2, 0.25) is 0 Å². The van der Waals surface area contributed by atoms with Gasteiger partial charge in [0.2, 0.25) is 5.91 Å². The molecule has 94 valence electrons. The normalized spacial score (nSPS) is 21.1. The highest BCUT2D eigenvalue weighted by atomic mass is 35.5. The molecule has 1 saturated carbocycles. The van der Waals surface area contributed by atoms with Gasteiger partial charge >= 0.3 is 0 Å². The lowest BCUT2D eigenvalue weighted by molar-refractivity contribution is -0.133. The Labute approximate surface area is 112 Å². The standard InChI is InChI=1S/C12H16N2OS.ClH/c15-12(10-1-2-10)14-6-3-9(4-7-14)11-13-5-8-16-11;/h5,8-10H,1-4,6-7H2;1H. The Morgan fingerprint density at radius 1 is 1.29 bits per heavy atom. The van der Waals surface area contributed by atoms with Crippen LogP contribution in [0.4, 0.5) is 0 Å². The molecule has 0 radical (unpaired) electrons. The van der Waals surface area contributed by atoms with Crippen LogP contribution in [0.15, 0.2) is 11.6 Å². The van der Waals surface area contributed by atoms with Crippen molar-refractivity contribution in [2.24, 2.45) is 5.92 Å². The maximum atomic E-state index is 11.9. The van der Waals surface area contributed by atoms with Gasteiger partial charge < -0.3 is 4.90 Å². The molecule has 0 spiro atoms. The summed E-state index contributed by atoms with van der Waals surface area (Å²) in [6.45, 7) is 1.86. The molecule has 0 bridgehead atoms. The number of likely N-dealkylation sites (tertiary alicyclic amines) is 1. The number of amides is 1. The lowest BCUT2D eigenvalue weighted by Gasteiger charge is -2.31. The van der Waals surface area contributed by atoms with E-state index in [0.717, 1.165) is 38.8 Å².